The lowest BCUT2D eigenvalue weighted by atomic mass is 10.1. The summed E-state index contributed by atoms with van der Waals surface area (Å²) in [5.41, 5.74) is 2.76. The predicted molar refractivity (Wildman–Crippen MR) is 139 cm³/mol. The Balaban J connectivity index is 1.34. The number of nitrogens with zero attached hydrogens (tertiary/aromatic N) is 4. The number of benzene rings is 3. The molecule has 1 fully saturated rings. The van der Waals surface area contributed by atoms with Gasteiger partial charge in [-0.3, -0.25) is 9.59 Å². The molecule has 2 heterocycles. The van der Waals surface area contributed by atoms with E-state index in [2.05, 4.69) is 15.3 Å². The lowest BCUT2D eigenvalue weighted by molar-refractivity contribution is -0.128. The lowest BCUT2D eigenvalue weighted by Crippen LogP contribution is -2.33. The maximum absolute atomic E-state index is 15.0. The van der Waals surface area contributed by atoms with Gasteiger partial charge in [-0.15, -0.1) is 0 Å². The van der Waals surface area contributed by atoms with E-state index in [1.165, 1.54) is 10.7 Å². The number of rotatable bonds is 4. The van der Waals surface area contributed by atoms with Crippen LogP contribution in [0.2, 0.25) is 0 Å². The smallest absolute Gasteiger partial charge is 0.274 e. The van der Waals surface area contributed by atoms with E-state index in [9.17, 15) is 14.0 Å². The average Bonchev–Trinajstić information content (AvgIpc) is 3.08. The first-order valence-corrected chi connectivity index (χ1v) is 12.1. The van der Waals surface area contributed by atoms with E-state index in [-0.39, 0.29) is 23.2 Å². The van der Waals surface area contributed by atoms with E-state index in [4.69, 9.17) is 0 Å². The minimum atomic E-state index is -0.448. The van der Waals surface area contributed by atoms with Crippen LogP contribution in [0.3, 0.4) is 0 Å². The van der Waals surface area contributed by atoms with Crippen LogP contribution in [0, 0.1) is 12.7 Å². The van der Waals surface area contributed by atoms with E-state index in [0.29, 0.717) is 17.9 Å². The van der Waals surface area contributed by atoms with Gasteiger partial charge in [0.05, 0.1) is 5.69 Å². The van der Waals surface area contributed by atoms with Gasteiger partial charge in [0.25, 0.3) is 5.91 Å². The Labute approximate surface area is 209 Å². The maximum Gasteiger partial charge on any atom is 0.274 e. The molecule has 3 aromatic carbocycles. The van der Waals surface area contributed by atoms with E-state index in [0.717, 1.165) is 42.5 Å². The molecule has 0 aliphatic carbocycles. The minimum Gasteiger partial charge on any atom is -0.370 e. The Morgan fingerprint density at radius 3 is 2.36 bits per heavy atom. The van der Waals surface area contributed by atoms with Crippen molar-refractivity contribution in [3.05, 3.63) is 83.9 Å². The summed E-state index contributed by atoms with van der Waals surface area (Å²) >= 11 is 0. The number of aryl methyl sites for hydroxylation is 1. The molecule has 0 saturated carbocycles. The minimum absolute atomic E-state index is 0.105. The van der Waals surface area contributed by atoms with Crippen LogP contribution in [0.1, 0.15) is 29.5 Å². The zero-order chi connectivity index (χ0) is 25.2. The van der Waals surface area contributed by atoms with Gasteiger partial charge in [0.15, 0.2) is 0 Å². The van der Waals surface area contributed by atoms with Crippen molar-refractivity contribution >= 4 is 34.0 Å². The second-order valence-corrected chi connectivity index (χ2v) is 9.08. The Bertz CT molecular complexity index is 1430. The largest absolute Gasteiger partial charge is 0.370 e. The van der Waals surface area contributed by atoms with Crippen LogP contribution in [-0.2, 0) is 4.79 Å². The van der Waals surface area contributed by atoms with Gasteiger partial charge in [-0.05, 0) is 66.6 Å². The Morgan fingerprint density at radius 2 is 1.64 bits per heavy atom. The number of anilines is 2. The molecule has 7 nitrogen and oxygen atoms in total. The zero-order valence-corrected chi connectivity index (χ0v) is 20.4. The van der Waals surface area contributed by atoms with Gasteiger partial charge in [-0.1, -0.05) is 24.3 Å². The fourth-order valence-corrected chi connectivity index (χ4v) is 4.65. The van der Waals surface area contributed by atoms with Gasteiger partial charge in [-0.2, -0.15) is 5.10 Å². The van der Waals surface area contributed by atoms with E-state index in [1.807, 2.05) is 53.4 Å². The standard InChI is InChI=1S/C28H28FN5O2/c1-19-16-27(34(31-19)26-18-22-7-4-3-6-21(22)17-25(26)29)28(36)30-23-8-10-24(11-9-23)33-13-5-12-32(14-15-33)20(2)35/h3-4,6-11,16-18H,5,12-15H2,1-2H3,(H,30,36). The molecule has 2 amide bonds. The Kier molecular flexibility index (Phi) is 6.41. The molecule has 36 heavy (non-hydrogen) atoms. The van der Waals surface area contributed by atoms with Crippen LogP contribution in [0.15, 0.2) is 66.7 Å². The first-order chi connectivity index (χ1) is 17.4. The summed E-state index contributed by atoms with van der Waals surface area (Å²) in [5, 5.41) is 8.95. The van der Waals surface area contributed by atoms with Crippen LogP contribution in [-0.4, -0.2) is 52.7 Å². The number of halogens is 1. The quantitative estimate of drug-likeness (QED) is 0.452. The molecule has 4 aromatic rings. The highest BCUT2D eigenvalue weighted by Gasteiger charge is 2.20. The summed E-state index contributed by atoms with van der Waals surface area (Å²) in [7, 11) is 0. The molecule has 1 N–H and O–H groups in total. The number of fused-ring (bicyclic) bond motifs is 1. The molecule has 184 valence electrons. The lowest BCUT2D eigenvalue weighted by Gasteiger charge is -2.23. The van der Waals surface area contributed by atoms with Crippen molar-refractivity contribution < 1.29 is 14.0 Å². The third-order valence-electron chi connectivity index (χ3n) is 6.54. The molecular formula is C28H28FN5O2. The molecule has 0 bridgehead atoms. The van der Waals surface area contributed by atoms with Crippen molar-refractivity contribution in [1.29, 1.82) is 0 Å². The molecule has 1 aromatic heterocycles. The highest BCUT2D eigenvalue weighted by Crippen LogP contribution is 2.25. The van der Waals surface area contributed by atoms with Crippen molar-refractivity contribution in [2.24, 2.45) is 0 Å². The Hall–Kier alpha value is -4.20. The monoisotopic (exact) mass is 485 g/mol. The molecule has 5 rings (SSSR count). The third-order valence-corrected chi connectivity index (χ3v) is 6.54. The summed E-state index contributed by atoms with van der Waals surface area (Å²) in [5.74, 6) is -0.716. The number of hydrogen-bond donors (Lipinski definition) is 1. The van der Waals surface area contributed by atoms with Crippen LogP contribution in [0.4, 0.5) is 15.8 Å². The van der Waals surface area contributed by atoms with Gasteiger partial charge < -0.3 is 15.1 Å². The first-order valence-electron chi connectivity index (χ1n) is 12.1. The fraction of sp³-hybridized carbons (Fsp3) is 0.250. The first kappa shape index (κ1) is 23.5. The molecular weight excluding hydrogens is 457 g/mol. The summed E-state index contributed by atoms with van der Waals surface area (Å²) in [4.78, 5) is 29.0. The van der Waals surface area contributed by atoms with Crippen molar-refractivity contribution in [3.63, 3.8) is 0 Å². The zero-order valence-electron chi connectivity index (χ0n) is 20.4. The van der Waals surface area contributed by atoms with Gasteiger partial charge in [-0.25, -0.2) is 9.07 Å². The van der Waals surface area contributed by atoms with Crippen molar-refractivity contribution in [2.45, 2.75) is 20.3 Å². The number of amides is 2. The molecule has 1 aliphatic rings. The molecule has 1 aliphatic heterocycles. The van der Waals surface area contributed by atoms with Crippen molar-refractivity contribution in [2.75, 3.05) is 36.4 Å². The van der Waals surface area contributed by atoms with Crippen LogP contribution < -0.4 is 10.2 Å². The number of carbonyl (C=O) groups excluding carboxylic acids is 2. The second-order valence-electron chi connectivity index (χ2n) is 9.08. The average molecular weight is 486 g/mol. The number of nitrogens with one attached hydrogen (secondary N) is 1. The highest BCUT2D eigenvalue weighted by molar-refractivity contribution is 6.03. The predicted octanol–water partition coefficient (Wildman–Crippen LogP) is 4.78. The molecule has 8 heteroatoms. The number of hydrogen-bond acceptors (Lipinski definition) is 4. The fourth-order valence-electron chi connectivity index (χ4n) is 4.65. The molecule has 0 spiro atoms. The van der Waals surface area contributed by atoms with Gasteiger partial charge in [0.2, 0.25) is 5.91 Å². The topological polar surface area (TPSA) is 70.5 Å². The molecule has 1 saturated heterocycles. The summed E-state index contributed by atoms with van der Waals surface area (Å²) in [6.07, 6.45) is 0.909. The van der Waals surface area contributed by atoms with Crippen LogP contribution in [0.25, 0.3) is 16.5 Å². The molecule has 0 atom stereocenters. The van der Waals surface area contributed by atoms with Gasteiger partial charge >= 0.3 is 0 Å². The molecule has 0 unspecified atom stereocenters. The second kappa shape index (κ2) is 9.81. The maximum atomic E-state index is 15.0. The normalized spacial score (nSPS) is 14.1. The third kappa shape index (κ3) is 4.79. The summed E-state index contributed by atoms with van der Waals surface area (Å²) < 4.78 is 16.3. The Morgan fingerprint density at radius 1 is 0.917 bits per heavy atom. The van der Waals surface area contributed by atoms with Crippen LogP contribution >= 0.6 is 0 Å². The summed E-state index contributed by atoms with van der Waals surface area (Å²) in [6, 6.07) is 19.9. The van der Waals surface area contributed by atoms with Crippen molar-refractivity contribution in [3.8, 4) is 5.69 Å². The van der Waals surface area contributed by atoms with E-state index in [1.54, 1.807) is 26.0 Å². The van der Waals surface area contributed by atoms with Gasteiger partial charge in [0, 0.05) is 44.5 Å². The summed E-state index contributed by atoms with van der Waals surface area (Å²) in [6.45, 7) is 6.48. The van der Waals surface area contributed by atoms with E-state index >= 15 is 0 Å². The van der Waals surface area contributed by atoms with E-state index < -0.39 is 5.82 Å². The SMILES string of the molecule is CC(=O)N1CCCN(c2ccc(NC(=O)c3cc(C)nn3-c3cc4ccccc4cc3F)cc2)CC1. The number of carbonyl (C=O) groups is 2. The van der Waals surface area contributed by atoms with Crippen molar-refractivity contribution in [1.82, 2.24) is 14.7 Å². The number of aromatic nitrogens is 2. The van der Waals surface area contributed by atoms with Crippen LogP contribution in [0.5, 0.6) is 0 Å². The van der Waals surface area contributed by atoms with Gasteiger partial charge in [0.1, 0.15) is 17.2 Å². The highest BCUT2D eigenvalue weighted by atomic mass is 19.1. The molecule has 0 radical (unpaired) electrons.